The first kappa shape index (κ1) is 14.6. The van der Waals surface area contributed by atoms with Crippen molar-refractivity contribution in [2.45, 2.75) is 31.7 Å². The van der Waals surface area contributed by atoms with Crippen molar-refractivity contribution in [3.8, 4) is 0 Å². The molecule has 4 heterocycles. The SMILES string of the molecule is CN(c1ncnc2nc[nH]c12)C1CN(c2cc3c(nn2)CCCC3)C1. The molecule has 0 spiro atoms. The summed E-state index contributed by atoms with van der Waals surface area (Å²) in [5.41, 5.74) is 4.15. The first-order valence-corrected chi connectivity index (χ1v) is 8.77. The van der Waals surface area contributed by atoms with Crippen LogP contribution >= 0.6 is 0 Å². The van der Waals surface area contributed by atoms with Crippen molar-refractivity contribution < 1.29 is 0 Å². The third-order valence-corrected chi connectivity index (χ3v) is 5.33. The summed E-state index contributed by atoms with van der Waals surface area (Å²) >= 11 is 0. The van der Waals surface area contributed by atoms with Gasteiger partial charge in [-0.1, -0.05) is 0 Å². The smallest absolute Gasteiger partial charge is 0.182 e. The normalized spacial score (nSPS) is 17.4. The van der Waals surface area contributed by atoms with Gasteiger partial charge in [-0.2, -0.15) is 5.10 Å². The highest BCUT2D eigenvalue weighted by atomic mass is 15.4. The van der Waals surface area contributed by atoms with Gasteiger partial charge in [0, 0.05) is 20.1 Å². The summed E-state index contributed by atoms with van der Waals surface area (Å²) in [6.07, 6.45) is 7.93. The van der Waals surface area contributed by atoms with Crippen molar-refractivity contribution in [2.75, 3.05) is 29.9 Å². The van der Waals surface area contributed by atoms with E-state index in [1.54, 1.807) is 12.7 Å². The van der Waals surface area contributed by atoms with Gasteiger partial charge in [0.2, 0.25) is 0 Å². The lowest BCUT2D eigenvalue weighted by Gasteiger charge is -2.45. The quantitative estimate of drug-likeness (QED) is 0.772. The molecule has 0 atom stereocenters. The van der Waals surface area contributed by atoms with Gasteiger partial charge in [-0.05, 0) is 37.3 Å². The molecular formula is C17H20N8. The van der Waals surface area contributed by atoms with Gasteiger partial charge in [0.25, 0.3) is 0 Å². The predicted octanol–water partition coefficient (Wildman–Crippen LogP) is 1.35. The Balaban J connectivity index is 1.32. The fraction of sp³-hybridized carbons (Fsp3) is 0.471. The van der Waals surface area contributed by atoms with Crippen LogP contribution in [0.1, 0.15) is 24.1 Å². The Morgan fingerprint density at radius 1 is 1.12 bits per heavy atom. The van der Waals surface area contributed by atoms with Crippen molar-refractivity contribution in [3.05, 3.63) is 30.0 Å². The summed E-state index contributed by atoms with van der Waals surface area (Å²) < 4.78 is 0. The predicted molar refractivity (Wildman–Crippen MR) is 94.8 cm³/mol. The first-order valence-electron chi connectivity index (χ1n) is 8.77. The van der Waals surface area contributed by atoms with Crippen LogP contribution in [0.25, 0.3) is 11.2 Å². The standard InChI is InChI=1S/C17H20N8/c1-24(17-15-16(19-9-18-15)20-10-21-17)12-7-25(8-12)14-6-11-4-2-3-5-13(11)22-23-14/h6,9-10,12H,2-5,7-8H2,1H3,(H,18,19,20,21). The molecule has 0 radical (unpaired) electrons. The Labute approximate surface area is 145 Å². The summed E-state index contributed by atoms with van der Waals surface area (Å²) in [4.78, 5) is 20.4. The summed E-state index contributed by atoms with van der Waals surface area (Å²) in [5.74, 6) is 1.89. The Morgan fingerprint density at radius 3 is 2.92 bits per heavy atom. The molecule has 1 saturated heterocycles. The van der Waals surface area contributed by atoms with Crippen molar-refractivity contribution >= 4 is 22.8 Å². The minimum atomic E-state index is 0.388. The van der Waals surface area contributed by atoms with E-state index in [9.17, 15) is 0 Å². The highest BCUT2D eigenvalue weighted by Crippen LogP contribution is 2.28. The third-order valence-electron chi connectivity index (χ3n) is 5.33. The first-order chi connectivity index (χ1) is 12.3. The number of nitrogens with zero attached hydrogens (tertiary/aromatic N) is 7. The van der Waals surface area contributed by atoms with Gasteiger partial charge >= 0.3 is 0 Å². The topological polar surface area (TPSA) is 86.7 Å². The molecule has 8 nitrogen and oxygen atoms in total. The Kier molecular flexibility index (Phi) is 3.29. The molecule has 8 heteroatoms. The maximum absolute atomic E-state index is 4.45. The summed E-state index contributed by atoms with van der Waals surface area (Å²) in [6.45, 7) is 1.84. The lowest BCUT2D eigenvalue weighted by molar-refractivity contribution is 0.487. The number of likely N-dealkylation sites (N-methyl/N-ethyl adjacent to an activating group) is 1. The van der Waals surface area contributed by atoms with E-state index in [4.69, 9.17) is 0 Å². The number of rotatable bonds is 3. The minimum absolute atomic E-state index is 0.388. The van der Waals surface area contributed by atoms with Crippen LogP contribution in [-0.2, 0) is 12.8 Å². The zero-order chi connectivity index (χ0) is 16.8. The lowest BCUT2D eigenvalue weighted by Crippen LogP contribution is -2.59. The molecule has 25 heavy (non-hydrogen) atoms. The van der Waals surface area contributed by atoms with E-state index in [1.807, 2.05) is 0 Å². The fourth-order valence-electron chi connectivity index (χ4n) is 3.71. The number of aromatic nitrogens is 6. The van der Waals surface area contributed by atoms with E-state index in [0.717, 1.165) is 43.1 Å². The van der Waals surface area contributed by atoms with Gasteiger partial charge in [0.05, 0.1) is 18.1 Å². The fourth-order valence-corrected chi connectivity index (χ4v) is 3.71. The van der Waals surface area contributed by atoms with Crippen molar-refractivity contribution in [2.24, 2.45) is 0 Å². The zero-order valence-corrected chi connectivity index (χ0v) is 14.2. The molecule has 5 rings (SSSR count). The Morgan fingerprint density at radius 2 is 2.00 bits per heavy atom. The average molecular weight is 336 g/mol. The Hall–Kier alpha value is -2.77. The Bertz CT molecular complexity index is 914. The number of hydrogen-bond acceptors (Lipinski definition) is 7. The number of nitrogens with one attached hydrogen (secondary N) is 1. The second kappa shape index (κ2) is 5.65. The van der Waals surface area contributed by atoms with Gasteiger partial charge in [-0.25, -0.2) is 15.0 Å². The van der Waals surface area contributed by atoms with E-state index in [2.05, 4.69) is 53.0 Å². The van der Waals surface area contributed by atoms with E-state index in [0.29, 0.717) is 11.7 Å². The molecule has 1 fully saturated rings. The second-order valence-corrected chi connectivity index (χ2v) is 6.85. The van der Waals surface area contributed by atoms with E-state index in [1.165, 1.54) is 24.1 Å². The van der Waals surface area contributed by atoms with Crippen molar-refractivity contribution in [1.29, 1.82) is 0 Å². The second-order valence-electron chi connectivity index (χ2n) is 6.85. The van der Waals surface area contributed by atoms with Gasteiger partial charge in [-0.3, -0.25) is 0 Å². The van der Waals surface area contributed by atoms with Crippen LogP contribution in [0.2, 0.25) is 0 Å². The van der Waals surface area contributed by atoms with Crippen molar-refractivity contribution in [3.63, 3.8) is 0 Å². The maximum atomic E-state index is 4.45. The van der Waals surface area contributed by atoms with Crippen LogP contribution in [-0.4, -0.2) is 56.3 Å². The molecule has 0 aromatic carbocycles. The number of anilines is 2. The minimum Gasteiger partial charge on any atom is -0.351 e. The molecule has 0 saturated carbocycles. The van der Waals surface area contributed by atoms with Crippen LogP contribution in [0, 0.1) is 0 Å². The van der Waals surface area contributed by atoms with Crippen LogP contribution < -0.4 is 9.80 Å². The third kappa shape index (κ3) is 2.40. The highest BCUT2D eigenvalue weighted by molar-refractivity contribution is 5.82. The van der Waals surface area contributed by atoms with Crippen LogP contribution in [0.5, 0.6) is 0 Å². The molecule has 1 N–H and O–H groups in total. The molecule has 1 aliphatic heterocycles. The van der Waals surface area contributed by atoms with Crippen LogP contribution in [0.15, 0.2) is 18.7 Å². The van der Waals surface area contributed by atoms with Gasteiger partial charge < -0.3 is 14.8 Å². The zero-order valence-electron chi connectivity index (χ0n) is 14.2. The van der Waals surface area contributed by atoms with Crippen molar-refractivity contribution in [1.82, 2.24) is 30.1 Å². The molecule has 2 aliphatic rings. The van der Waals surface area contributed by atoms with Gasteiger partial charge in [0.15, 0.2) is 17.3 Å². The molecule has 0 bridgehead atoms. The molecule has 128 valence electrons. The van der Waals surface area contributed by atoms with E-state index < -0.39 is 0 Å². The number of H-pyrrole nitrogens is 1. The molecular weight excluding hydrogens is 316 g/mol. The molecule has 3 aromatic heterocycles. The molecule has 0 unspecified atom stereocenters. The number of hydrogen-bond donors (Lipinski definition) is 1. The number of fused-ring (bicyclic) bond motifs is 2. The lowest BCUT2D eigenvalue weighted by atomic mass is 9.96. The molecule has 0 amide bonds. The summed E-state index contributed by atoms with van der Waals surface area (Å²) in [5, 5.41) is 8.88. The monoisotopic (exact) mass is 336 g/mol. The molecule has 1 aliphatic carbocycles. The summed E-state index contributed by atoms with van der Waals surface area (Å²) in [7, 11) is 2.07. The number of aryl methyl sites for hydroxylation is 2. The highest BCUT2D eigenvalue weighted by Gasteiger charge is 2.33. The largest absolute Gasteiger partial charge is 0.351 e. The van der Waals surface area contributed by atoms with Crippen LogP contribution in [0.3, 0.4) is 0 Å². The number of aromatic amines is 1. The van der Waals surface area contributed by atoms with Gasteiger partial charge in [0.1, 0.15) is 11.8 Å². The molecule has 3 aromatic rings. The van der Waals surface area contributed by atoms with Gasteiger partial charge in [-0.15, -0.1) is 5.10 Å². The van der Waals surface area contributed by atoms with E-state index in [-0.39, 0.29) is 0 Å². The average Bonchev–Trinajstić information content (AvgIpc) is 3.09. The summed E-state index contributed by atoms with van der Waals surface area (Å²) in [6, 6.07) is 2.62. The maximum Gasteiger partial charge on any atom is 0.182 e. The van der Waals surface area contributed by atoms with E-state index >= 15 is 0 Å². The van der Waals surface area contributed by atoms with Crippen LogP contribution in [0.4, 0.5) is 11.6 Å². The number of imidazole rings is 1.